The molecular weight excluding hydrogens is 398 g/mol. The number of H-pyrrole nitrogens is 1. The van der Waals surface area contributed by atoms with Crippen LogP contribution in [-0.2, 0) is 13.0 Å². The minimum Gasteiger partial charge on any atom is -0.350 e. The van der Waals surface area contributed by atoms with Crippen LogP contribution in [0.15, 0.2) is 36.9 Å². The van der Waals surface area contributed by atoms with Gasteiger partial charge in [-0.1, -0.05) is 0 Å². The molecule has 0 amide bonds. The molecule has 2 N–H and O–H groups in total. The molecule has 0 fully saturated rings. The van der Waals surface area contributed by atoms with Gasteiger partial charge in [0.05, 0.1) is 42.1 Å². The maximum absolute atomic E-state index is 14.1. The van der Waals surface area contributed by atoms with Crippen LogP contribution in [0, 0.1) is 11.6 Å². The third-order valence-corrected chi connectivity index (χ3v) is 5.54. The van der Waals surface area contributed by atoms with E-state index in [1.807, 2.05) is 4.90 Å². The molecular formula is C18H14F2N8S. The molecule has 11 heteroatoms. The minimum absolute atomic E-state index is 0.273. The van der Waals surface area contributed by atoms with E-state index >= 15 is 0 Å². The molecule has 0 saturated heterocycles. The second-order valence-corrected chi connectivity index (χ2v) is 7.46. The number of halogens is 2. The van der Waals surface area contributed by atoms with E-state index in [4.69, 9.17) is 0 Å². The van der Waals surface area contributed by atoms with Crippen molar-refractivity contribution in [3.05, 3.63) is 59.1 Å². The first-order chi connectivity index (χ1) is 14.2. The summed E-state index contributed by atoms with van der Waals surface area (Å²) in [5.41, 5.74) is 2.01. The lowest BCUT2D eigenvalue weighted by Gasteiger charge is -2.21. The predicted molar refractivity (Wildman–Crippen MR) is 104 cm³/mol. The van der Waals surface area contributed by atoms with Gasteiger partial charge in [-0.15, -0.1) is 11.3 Å². The van der Waals surface area contributed by atoms with Gasteiger partial charge in [0, 0.05) is 24.0 Å². The number of aromatic amines is 1. The molecule has 0 spiro atoms. The Morgan fingerprint density at radius 3 is 2.86 bits per heavy atom. The average Bonchev–Trinajstić information content (AvgIpc) is 3.33. The highest BCUT2D eigenvalue weighted by Gasteiger charge is 2.26. The van der Waals surface area contributed by atoms with Gasteiger partial charge in [0.2, 0.25) is 5.95 Å². The van der Waals surface area contributed by atoms with Crippen LogP contribution >= 0.6 is 11.3 Å². The molecule has 1 aliphatic heterocycles. The highest BCUT2D eigenvalue weighted by Crippen LogP contribution is 2.39. The van der Waals surface area contributed by atoms with E-state index in [9.17, 15) is 8.78 Å². The number of thiazole rings is 1. The highest BCUT2D eigenvalue weighted by molar-refractivity contribution is 7.16. The van der Waals surface area contributed by atoms with Crippen LogP contribution < -0.4 is 10.2 Å². The zero-order valence-electron chi connectivity index (χ0n) is 14.9. The largest absolute Gasteiger partial charge is 0.350 e. The summed E-state index contributed by atoms with van der Waals surface area (Å²) in [5.74, 6) is 0.202. The molecule has 1 aliphatic rings. The number of nitrogens with one attached hydrogen (secondary N) is 2. The second kappa shape index (κ2) is 7.17. The summed E-state index contributed by atoms with van der Waals surface area (Å²) in [6.07, 6.45) is 6.19. The molecule has 0 aliphatic carbocycles. The van der Waals surface area contributed by atoms with E-state index in [1.54, 1.807) is 18.5 Å². The number of hydrogen-bond donors (Lipinski definition) is 2. The molecule has 5 heterocycles. The third-order valence-electron chi connectivity index (χ3n) is 4.51. The van der Waals surface area contributed by atoms with Crippen LogP contribution in [0.3, 0.4) is 0 Å². The Hall–Kier alpha value is -3.47. The summed E-state index contributed by atoms with van der Waals surface area (Å²) in [4.78, 5) is 19.7. The summed E-state index contributed by atoms with van der Waals surface area (Å²) in [6.45, 7) is 0.970. The fraction of sp³-hybridized carbons (Fsp3) is 0.167. The summed E-state index contributed by atoms with van der Waals surface area (Å²) in [5, 5.41) is 10.8. The van der Waals surface area contributed by atoms with Crippen LogP contribution in [0.4, 0.5) is 25.7 Å². The summed E-state index contributed by atoms with van der Waals surface area (Å²) in [7, 11) is 0. The first-order valence-electron chi connectivity index (χ1n) is 8.80. The van der Waals surface area contributed by atoms with E-state index in [0.29, 0.717) is 23.9 Å². The number of pyridine rings is 1. The van der Waals surface area contributed by atoms with E-state index in [0.717, 1.165) is 40.8 Å². The fourth-order valence-corrected chi connectivity index (χ4v) is 4.13. The average molecular weight is 412 g/mol. The van der Waals surface area contributed by atoms with E-state index in [1.165, 1.54) is 17.4 Å². The molecule has 5 rings (SSSR count). The molecule has 0 atom stereocenters. The van der Waals surface area contributed by atoms with Crippen LogP contribution in [0.1, 0.15) is 10.6 Å². The van der Waals surface area contributed by atoms with Crippen molar-refractivity contribution in [2.45, 2.75) is 13.0 Å². The molecule has 29 heavy (non-hydrogen) atoms. The van der Waals surface area contributed by atoms with Gasteiger partial charge < -0.3 is 10.2 Å². The first kappa shape index (κ1) is 17.6. The molecule has 4 aromatic heterocycles. The predicted octanol–water partition coefficient (Wildman–Crippen LogP) is 3.30. The minimum atomic E-state index is -0.502. The van der Waals surface area contributed by atoms with Gasteiger partial charge in [-0.2, -0.15) is 5.10 Å². The Kier molecular flexibility index (Phi) is 4.35. The van der Waals surface area contributed by atoms with Crippen LogP contribution in [0.2, 0.25) is 0 Å². The van der Waals surface area contributed by atoms with E-state index < -0.39 is 5.82 Å². The van der Waals surface area contributed by atoms with E-state index in [2.05, 4.69) is 35.5 Å². The highest BCUT2D eigenvalue weighted by atomic mass is 32.1. The van der Waals surface area contributed by atoms with Gasteiger partial charge >= 0.3 is 0 Å². The summed E-state index contributed by atoms with van der Waals surface area (Å²) < 4.78 is 27.1. The van der Waals surface area contributed by atoms with Crippen molar-refractivity contribution in [1.82, 2.24) is 30.1 Å². The SMILES string of the molecule is Fc1cnc(Nc2nc3c(s2)CCN(Cc2ncccc2F)c2[nH]ncc2-3)nc1. The lowest BCUT2D eigenvalue weighted by Crippen LogP contribution is -2.26. The van der Waals surface area contributed by atoms with E-state index in [-0.39, 0.29) is 11.8 Å². The number of anilines is 3. The zero-order chi connectivity index (χ0) is 19.8. The summed E-state index contributed by atoms with van der Waals surface area (Å²) in [6, 6.07) is 2.98. The number of rotatable bonds is 4. The Morgan fingerprint density at radius 2 is 2.03 bits per heavy atom. The number of hydrogen-bond acceptors (Lipinski definition) is 8. The number of nitrogens with zero attached hydrogens (tertiary/aromatic N) is 6. The first-order valence-corrected chi connectivity index (χ1v) is 9.61. The smallest absolute Gasteiger partial charge is 0.229 e. The Balaban J connectivity index is 1.44. The Labute approximate surface area is 167 Å². The standard InChI is InChI=1S/C18H14F2N8S/c19-10-6-22-17(23-7-10)26-18-25-15-11-8-24-27-16(11)28(5-3-14(15)29-18)9-13-12(20)2-1-4-21-13/h1-2,4,6-8H,3,5,9H2,(H,24,27)(H,22,23,25,26). The van der Waals surface area contributed by atoms with Crippen molar-refractivity contribution >= 4 is 28.2 Å². The van der Waals surface area contributed by atoms with Crippen molar-refractivity contribution < 1.29 is 8.78 Å². The van der Waals surface area contributed by atoms with Crippen molar-refractivity contribution in [3.8, 4) is 11.3 Å². The van der Waals surface area contributed by atoms with Crippen LogP contribution in [-0.4, -0.2) is 36.7 Å². The van der Waals surface area contributed by atoms with Crippen LogP contribution in [0.25, 0.3) is 11.3 Å². The maximum atomic E-state index is 14.1. The Morgan fingerprint density at radius 1 is 1.17 bits per heavy atom. The van der Waals surface area contributed by atoms with Crippen molar-refractivity contribution in [1.29, 1.82) is 0 Å². The molecule has 8 nitrogen and oxygen atoms in total. The normalized spacial score (nSPS) is 13.0. The fourth-order valence-electron chi connectivity index (χ4n) is 3.17. The lowest BCUT2D eigenvalue weighted by molar-refractivity contribution is 0.591. The van der Waals surface area contributed by atoms with Crippen LogP contribution in [0.5, 0.6) is 0 Å². The van der Waals surface area contributed by atoms with Crippen molar-refractivity contribution in [2.75, 3.05) is 16.8 Å². The lowest BCUT2D eigenvalue weighted by atomic mass is 10.2. The molecule has 0 aromatic carbocycles. The molecule has 0 radical (unpaired) electrons. The van der Waals surface area contributed by atoms with Crippen molar-refractivity contribution in [2.24, 2.45) is 0 Å². The molecule has 4 aromatic rings. The van der Waals surface area contributed by atoms with Gasteiger partial charge in [-0.05, 0) is 12.1 Å². The Bertz CT molecular complexity index is 1160. The maximum Gasteiger partial charge on any atom is 0.229 e. The zero-order valence-corrected chi connectivity index (χ0v) is 15.7. The van der Waals surface area contributed by atoms with Gasteiger partial charge in [0.15, 0.2) is 10.9 Å². The molecule has 0 saturated carbocycles. The molecule has 0 bridgehead atoms. The monoisotopic (exact) mass is 412 g/mol. The van der Waals surface area contributed by atoms with Gasteiger partial charge in [-0.3, -0.25) is 10.1 Å². The third kappa shape index (κ3) is 3.40. The van der Waals surface area contributed by atoms with Gasteiger partial charge in [-0.25, -0.2) is 23.7 Å². The molecule has 0 unspecified atom stereocenters. The van der Waals surface area contributed by atoms with Crippen molar-refractivity contribution in [3.63, 3.8) is 0 Å². The number of aromatic nitrogens is 6. The molecule has 146 valence electrons. The topological polar surface area (TPSA) is 95.5 Å². The van der Waals surface area contributed by atoms with Gasteiger partial charge in [0.1, 0.15) is 11.6 Å². The second-order valence-electron chi connectivity index (χ2n) is 6.38. The summed E-state index contributed by atoms with van der Waals surface area (Å²) >= 11 is 1.47. The van der Waals surface area contributed by atoms with Gasteiger partial charge in [0.25, 0.3) is 0 Å². The quantitative estimate of drug-likeness (QED) is 0.531. The number of fused-ring (bicyclic) bond motifs is 3.